The predicted octanol–water partition coefficient (Wildman–Crippen LogP) is 0.914. The Labute approximate surface area is 73.6 Å². The van der Waals surface area contributed by atoms with Crippen LogP contribution in [0.25, 0.3) is 0 Å². The molecule has 0 spiro atoms. The molecule has 1 aromatic heterocycles. The first-order chi connectivity index (χ1) is 5.69. The zero-order chi connectivity index (χ0) is 9.14. The van der Waals surface area contributed by atoms with Crippen molar-refractivity contribution >= 4 is 17.3 Å². The van der Waals surface area contributed by atoms with Crippen molar-refractivity contribution in [3.05, 3.63) is 15.8 Å². The molecule has 0 unspecified atom stereocenters. The maximum absolute atomic E-state index is 10.6. The van der Waals surface area contributed by atoms with Crippen LogP contribution >= 0.6 is 11.3 Å². The zero-order valence-corrected chi connectivity index (χ0v) is 7.35. The first-order valence-electron chi connectivity index (χ1n) is 3.29. The molecule has 0 bridgehead atoms. The summed E-state index contributed by atoms with van der Waals surface area (Å²) in [5.74, 6) is -0.593. The lowest BCUT2D eigenvalue weighted by Gasteiger charge is -1.94. The van der Waals surface area contributed by atoms with E-state index in [0.717, 1.165) is 16.2 Å². The van der Waals surface area contributed by atoms with Gasteiger partial charge in [-0.25, -0.2) is 4.79 Å². The molecule has 12 heavy (non-hydrogen) atoms. The molecule has 0 atom stereocenters. The van der Waals surface area contributed by atoms with Gasteiger partial charge >= 0.3 is 5.97 Å². The summed E-state index contributed by atoms with van der Waals surface area (Å²) in [4.78, 5) is 11.6. The molecule has 5 heteroatoms. The molecule has 0 fully saturated rings. The molecule has 0 radical (unpaired) electrons. The fraction of sp³-hybridized carbons (Fsp3) is 0.286. The molecule has 3 N–H and O–H groups in total. The Kier molecular flexibility index (Phi) is 2.67. The highest BCUT2D eigenvalue weighted by atomic mass is 32.1. The molecule has 0 aliphatic heterocycles. The van der Waals surface area contributed by atoms with Gasteiger partial charge in [0.15, 0.2) is 4.88 Å². The summed E-state index contributed by atoms with van der Waals surface area (Å²) in [5.41, 5.74) is 5.35. The number of hydrogen-bond donors (Lipinski definition) is 2. The summed E-state index contributed by atoms with van der Waals surface area (Å²) in [6.07, 6.45) is 0. The number of rotatable bonds is 3. The topological polar surface area (TPSA) is 72.5 Å². The van der Waals surface area contributed by atoms with Crippen LogP contribution in [0.5, 0.6) is 5.75 Å². The Balaban J connectivity index is 3.08. The Morgan fingerprint density at radius 3 is 2.83 bits per heavy atom. The van der Waals surface area contributed by atoms with Gasteiger partial charge in [0, 0.05) is 11.4 Å². The van der Waals surface area contributed by atoms with Crippen molar-refractivity contribution < 1.29 is 14.6 Å². The highest BCUT2D eigenvalue weighted by molar-refractivity contribution is 7.14. The van der Waals surface area contributed by atoms with E-state index in [4.69, 9.17) is 15.6 Å². The van der Waals surface area contributed by atoms with E-state index in [1.807, 2.05) is 0 Å². The number of aromatic carboxylic acids is 1. The Hall–Kier alpha value is -1.07. The van der Waals surface area contributed by atoms with Crippen LogP contribution in [0.3, 0.4) is 0 Å². The predicted molar refractivity (Wildman–Crippen MR) is 45.7 cm³/mol. The molecule has 4 nitrogen and oxygen atoms in total. The number of carboxylic acids is 1. The van der Waals surface area contributed by atoms with Crippen LogP contribution in [-0.2, 0) is 6.54 Å². The van der Waals surface area contributed by atoms with E-state index in [0.29, 0.717) is 12.3 Å². The molecule has 0 saturated heterocycles. The molecule has 0 aromatic carbocycles. The van der Waals surface area contributed by atoms with E-state index in [1.54, 1.807) is 6.07 Å². The highest BCUT2D eigenvalue weighted by Crippen LogP contribution is 2.28. The van der Waals surface area contributed by atoms with Gasteiger partial charge in [0.05, 0.1) is 7.11 Å². The van der Waals surface area contributed by atoms with E-state index in [1.165, 1.54) is 7.11 Å². The van der Waals surface area contributed by atoms with Crippen LogP contribution in [0.1, 0.15) is 14.5 Å². The summed E-state index contributed by atoms with van der Waals surface area (Å²) >= 11 is 1.14. The first kappa shape index (κ1) is 9.02. The molecular weight excluding hydrogens is 178 g/mol. The second-order valence-corrected chi connectivity index (χ2v) is 3.26. The van der Waals surface area contributed by atoms with Gasteiger partial charge in [-0.15, -0.1) is 11.3 Å². The van der Waals surface area contributed by atoms with Crippen molar-refractivity contribution in [3.8, 4) is 5.75 Å². The number of ether oxygens (including phenoxy) is 1. The lowest BCUT2D eigenvalue weighted by Crippen LogP contribution is -1.94. The molecule has 0 saturated carbocycles. The molecular formula is C7H9NO3S. The second kappa shape index (κ2) is 3.55. The minimum atomic E-state index is -0.975. The van der Waals surface area contributed by atoms with Gasteiger partial charge < -0.3 is 15.6 Å². The maximum Gasteiger partial charge on any atom is 0.349 e. The summed E-state index contributed by atoms with van der Waals surface area (Å²) in [6, 6.07) is 1.65. The molecule has 0 amide bonds. The average Bonchev–Trinajstić information content (AvgIpc) is 2.47. The largest absolute Gasteiger partial charge is 0.495 e. The van der Waals surface area contributed by atoms with E-state index in [9.17, 15) is 4.79 Å². The normalized spacial score (nSPS) is 9.83. The number of carboxylic acid groups (broad SMARTS) is 1. The molecule has 0 aliphatic rings. The zero-order valence-electron chi connectivity index (χ0n) is 6.53. The first-order valence-corrected chi connectivity index (χ1v) is 4.10. The third-order valence-corrected chi connectivity index (χ3v) is 2.49. The van der Waals surface area contributed by atoms with Crippen molar-refractivity contribution in [2.75, 3.05) is 7.11 Å². The van der Waals surface area contributed by atoms with Gasteiger partial charge in [0.25, 0.3) is 0 Å². The van der Waals surface area contributed by atoms with Crippen molar-refractivity contribution in [1.29, 1.82) is 0 Å². The fourth-order valence-corrected chi connectivity index (χ4v) is 1.67. The molecule has 1 rings (SSSR count). The summed E-state index contributed by atoms with van der Waals surface area (Å²) < 4.78 is 4.86. The van der Waals surface area contributed by atoms with E-state index < -0.39 is 5.97 Å². The monoisotopic (exact) mass is 187 g/mol. The van der Waals surface area contributed by atoms with E-state index in [-0.39, 0.29) is 4.88 Å². The fourth-order valence-electron chi connectivity index (χ4n) is 0.824. The second-order valence-electron chi connectivity index (χ2n) is 2.12. The summed E-state index contributed by atoms with van der Waals surface area (Å²) in [5, 5.41) is 8.70. The molecule has 1 aromatic rings. The third kappa shape index (κ3) is 1.57. The Bertz CT molecular complexity index is 295. The van der Waals surface area contributed by atoms with Gasteiger partial charge in [0.2, 0.25) is 0 Å². The quantitative estimate of drug-likeness (QED) is 0.737. The lowest BCUT2D eigenvalue weighted by atomic mass is 10.4. The third-order valence-electron chi connectivity index (χ3n) is 1.36. The molecule has 0 aliphatic carbocycles. The summed E-state index contributed by atoms with van der Waals surface area (Å²) in [6.45, 7) is 0.342. The van der Waals surface area contributed by atoms with Crippen LogP contribution in [0.15, 0.2) is 6.07 Å². The van der Waals surface area contributed by atoms with Gasteiger partial charge in [-0.05, 0) is 6.07 Å². The van der Waals surface area contributed by atoms with Crippen molar-refractivity contribution in [2.24, 2.45) is 5.73 Å². The lowest BCUT2D eigenvalue weighted by molar-refractivity contribution is 0.0699. The number of methoxy groups -OCH3 is 1. The Morgan fingerprint density at radius 1 is 1.83 bits per heavy atom. The minimum absolute atomic E-state index is 0.206. The van der Waals surface area contributed by atoms with Gasteiger partial charge in [-0.1, -0.05) is 0 Å². The number of carbonyl (C=O) groups is 1. The molecule has 1 heterocycles. The maximum atomic E-state index is 10.6. The molecule has 66 valence electrons. The SMILES string of the molecule is COc1cc(CN)sc1C(=O)O. The van der Waals surface area contributed by atoms with Crippen molar-refractivity contribution in [2.45, 2.75) is 6.54 Å². The summed E-state index contributed by atoms with van der Waals surface area (Å²) in [7, 11) is 1.44. The standard InChI is InChI=1S/C7H9NO3S/c1-11-5-2-4(3-8)12-6(5)7(9)10/h2H,3,8H2,1H3,(H,9,10). The van der Waals surface area contributed by atoms with Crippen molar-refractivity contribution in [1.82, 2.24) is 0 Å². The van der Waals surface area contributed by atoms with Crippen molar-refractivity contribution in [3.63, 3.8) is 0 Å². The van der Waals surface area contributed by atoms with Crippen LogP contribution in [0.2, 0.25) is 0 Å². The highest BCUT2D eigenvalue weighted by Gasteiger charge is 2.14. The van der Waals surface area contributed by atoms with E-state index >= 15 is 0 Å². The number of thiophene rings is 1. The van der Waals surface area contributed by atoms with E-state index in [2.05, 4.69) is 0 Å². The van der Waals surface area contributed by atoms with Crippen LogP contribution in [0, 0.1) is 0 Å². The number of hydrogen-bond acceptors (Lipinski definition) is 4. The van der Waals surface area contributed by atoms with Crippen LogP contribution in [-0.4, -0.2) is 18.2 Å². The van der Waals surface area contributed by atoms with Gasteiger partial charge in [0.1, 0.15) is 5.75 Å². The van der Waals surface area contributed by atoms with Gasteiger partial charge in [-0.3, -0.25) is 0 Å². The van der Waals surface area contributed by atoms with Crippen LogP contribution < -0.4 is 10.5 Å². The smallest absolute Gasteiger partial charge is 0.349 e. The minimum Gasteiger partial charge on any atom is -0.495 e. The average molecular weight is 187 g/mol. The number of nitrogens with two attached hydrogens (primary N) is 1. The Morgan fingerprint density at radius 2 is 2.50 bits per heavy atom. The van der Waals surface area contributed by atoms with Crippen LogP contribution in [0.4, 0.5) is 0 Å². The van der Waals surface area contributed by atoms with Gasteiger partial charge in [-0.2, -0.15) is 0 Å².